The summed E-state index contributed by atoms with van der Waals surface area (Å²) in [4.78, 5) is 15.0. The van der Waals surface area contributed by atoms with E-state index in [1.807, 2.05) is 35.2 Å². The van der Waals surface area contributed by atoms with E-state index in [4.69, 9.17) is 4.74 Å². The lowest BCUT2D eigenvalue weighted by molar-refractivity contribution is -0.144. The van der Waals surface area contributed by atoms with Gasteiger partial charge in [0.2, 0.25) is 0 Å². The topological polar surface area (TPSA) is 29.5 Å². The van der Waals surface area contributed by atoms with Crippen LogP contribution in [0.15, 0.2) is 48.5 Å². The number of thioether (sulfide) groups is 1. The number of carbonyl (C=O) groups is 1. The van der Waals surface area contributed by atoms with E-state index in [1.165, 1.54) is 11.6 Å². The molecule has 2 heterocycles. The molecule has 3 nitrogen and oxygen atoms in total. The average molecular weight is 371 g/mol. The first-order valence-electron chi connectivity index (χ1n) is 9.08. The molecular formula is C21H22FNO2S. The second kappa shape index (κ2) is 7.80. The van der Waals surface area contributed by atoms with Crippen molar-refractivity contribution < 1.29 is 13.9 Å². The van der Waals surface area contributed by atoms with Gasteiger partial charge in [-0.05, 0) is 30.0 Å². The number of amides is 1. The van der Waals surface area contributed by atoms with E-state index in [0.717, 1.165) is 29.7 Å². The van der Waals surface area contributed by atoms with E-state index in [-0.39, 0.29) is 17.0 Å². The predicted molar refractivity (Wildman–Crippen MR) is 102 cm³/mol. The molecule has 0 saturated carbocycles. The lowest BCUT2D eigenvalue weighted by Gasteiger charge is -2.30. The molecule has 0 aromatic heterocycles. The van der Waals surface area contributed by atoms with E-state index in [0.29, 0.717) is 19.7 Å². The van der Waals surface area contributed by atoms with Crippen LogP contribution in [-0.2, 0) is 16.0 Å². The van der Waals surface area contributed by atoms with Gasteiger partial charge in [0.15, 0.2) is 6.10 Å². The van der Waals surface area contributed by atoms with Gasteiger partial charge in [-0.2, -0.15) is 11.8 Å². The molecule has 2 atom stereocenters. The first kappa shape index (κ1) is 17.6. The van der Waals surface area contributed by atoms with E-state index < -0.39 is 6.10 Å². The van der Waals surface area contributed by atoms with Gasteiger partial charge in [-0.25, -0.2) is 4.39 Å². The largest absolute Gasteiger partial charge is 0.363 e. The number of fused-ring (bicyclic) bond motifs is 1. The zero-order chi connectivity index (χ0) is 17.9. The molecule has 0 bridgehead atoms. The third-order valence-corrected chi connectivity index (χ3v) is 6.43. The van der Waals surface area contributed by atoms with Crippen LogP contribution in [0.3, 0.4) is 0 Å². The highest BCUT2D eigenvalue weighted by molar-refractivity contribution is 7.99. The second-order valence-corrected chi connectivity index (χ2v) is 8.01. The van der Waals surface area contributed by atoms with Crippen LogP contribution in [0, 0.1) is 5.82 Å². The first-order valence-corrected chi connectivity index (χ1v) is 10.1. The van der Waals surface area contributed by atoms with Crippen molar-refractivity contribution >= 4 is 17.7 Å². The number of benzene rings is 2. The Morgan fingerprint density at radius 1 is 1.08 bits per heavy atom. The van der Waals surface area contributed by atoms with Gasteiger partial charge in [0.1, 0.15) is 5.82 Å². The van der Waals surface area contributed by atoms with E-state index >= 15 is 0 Å². The Bertz CT molecular complexity index is 797. The third kappa shape index (κ3) is 3.51. The quantitative estimate of drug-likeness (QED) is 0.794. The summed E-state index contributed by atoms with van der Waals surface area (Å²) in [5.74, 6) is 0.681. The highest BCUT2D eigenvalue weighted by Crippen LogP contribution is 2.37. The molecule has 1 saturated heterocycles. The van der Waals surface area contributed by atoms with Crippen LogP contribution in [0.5, 0.6) is 0 Å². The monoisotopic (exact) mass is 371 g/mol. The zero-order valence-corrected chi connectivity index (χ0v) is 15.4. The molecular weight excluding hydrogens is 349 g/mol. The number of ether oxygens (including phenoxy) is 1. The van der Waals surface area contributed by atoms with Gasteiger partial charge in [0.25, 0.3) is 5.91 Å². The van der Waals surface area contributed by atoms with Crippen LogP contribution in [0.1, 0.15) is 34.5 Å². The Labute approximate surface area is 157 Å². The Kier molecular flexibility index (Phi) is 5.27. The molecule has 0 spiro atoms. The number of carbonyl (C=O) groups excluding carboxylic acids is 1. The molecule has 136 valence electrons. The molecule has 1 fully saturated rings. The fraction of sp³-hybridized carbons (Fsp3) is 0.381. The maximum absolute atomic E-state index is 14.1. The fourth-order valence-electron chi connectivity index (χ4n) is 3.74. The smallest absolute Gasteiger partial charge is 0.256 e. The molecule has 1 amide bonds. The van der Waals surface area contributed by atoms with E-state index in [2.05, 4.69) is 6.07 Å². The van der Waals surface area contributed by atoms with Crippen LogP contribution < -0.4 is 0 Å². The van der Waals surface area contributed by atoms with Gasteiger partial charge < -0.3 is 9.64 Å². The van der Waals surface area contributed by atoms with Crippen LogP contribution in [0.25, 0.3) is 0 Å². The molecule has 2 aromatic carbocycles. The van der Waals surface area contributed by atoms with Gasteiger partial charge in [-0.1, -0.05) is 42.5 Å². The van der Waals surface area contributed by atoms with Gasteiger partial charge in [-0.15, -0.1) is 0 Å². The number of hydrogen-bond acceptors (Lipinski definition) is 3. The summed E-state index contributed by atoms with van der Waals surface area (Å²) in [5.41, 5.74) is 2.93. The van der Waals surface area contributed by atoms with Crippen LogP contribution in [-0.4, -0.2) is 36.3 Å². The molecule has 0 aliphatic carbocycles. The van der Waals surface area contributed by atoms with Crippen LogP contribution in [0.4, 0.5) is 4.39 Å². The number of hydrogen-bond donors (Lipinski definition) is 0. The third-order valence-electron chi connectivity index (χ3n) is 5.12. The molecule has 26 heavy (non-hydrogen) atoms. The standard InChI is InChI=1S/C21H22FNO2S/c22-18-8-4-3-7-17(18)19-9-11-23(12-14-26-19)21(24)20-16-6-2-1-5-15(16)10-13-25-20/h1-8,19-20H,9-14H2. The fourth-order valence-corrected chi connectivity index (χ4v) is 4.99. The van der Waals surface area contributed by atoms with Crippen LogP contribution in [0.2, 0.25) is 0 Å². The molecule has 2 aliphatic heterocycles. The number of nitrogens with zero attached hydrogens (tertiary/aromatic N) is 1. The van der Waals surface area contributed by atoms with Gasteiger partial charge in [0.05, 0.1) is 6.61 Å². The summed E-state index contributed by atoms with van der Waals surface area (Å²) < 4.78 is 19.9. The van der Waals surface area contributed by atoms with Crippen molar-refractivity contribution in [2.24, 2.45) is 0 Å². The molecule has 0 N–H and O–H groups in total. The van der Waals surface area contributed by atoms with Crippen molar-refractivity contribution in [1.29, 1.82) is 0 Å². The van der Waals surface area contributed by atoms with E-state index in [9.17, 15) is 9.18 Å². The summed E-state index contributed by atoms with van der Waals surface area (Å²) in [6.45, 7) is 1.89. The van der Waals surface area contributed by atoms with Crippen molar-refractivity contribution in [3.8, 4) is 0 Å². The highest BCUT2D eigenvalue weighted by Gasteiger charge is 2.32. The molecule has 2 aliphatic rings. The minimum atomic E-state index is -0.505. The van der Waals surface area contributed by atoms with Crippen molar-refractivity contribution in [2.45, 2.75) is 24.2 Å². The van der Waals surface area contributed by atoms with E-state index in [1.54, 1.807) is 17.8 Å². The summed E-state index contributed by atoms with van der Waals surface area (Å²) in [7, 11) is 0. The Hall–Kier alpha value is -1.85. The van der Waals surface area contributed by atoms with Crippen molar-refractivity contribution in [3.05, 3.63) is 71.0 Å². The molecule has 0 radical (unpaired) electrons. The Morgan fingerprint density at radius 2 is 1.85 bits per heavy atom. The minimum Gasteiger partial charge on any atom is -0.363 e. The Balaban J connectivity index is 1.48. The van der Waals surface area contributed by atoms with Crippen LogP contribution >= 0.6 is 11.8 Å². The predicted octanol–water partition coefficient (Wildman–Crippen LogP) is 4.15. The Morgan fingerprint density at radius 3 is 2.69 bits per heavy atom. The summed E-state index contributed by atoms with van der Waals surface area (Å²) in [6.07, 6.45) is 1.10. The zero-order valence-electron chi connectivity index (χ0n) is 14.6. The summed E-state index contributed by atoms with van der Waals surface area (Å²) in [5, 5.41) is 0.0913. The first-order chi connectivity index (χ1) is 12.7. The molecule has 2 unspecified atom stereocenters. The number of rotatable bonds is 2. The summed E-state index contributed by atoms with van der Waals surface area (Å²) in [6, 6.07) is 15.0. The maximum Gasteiger partial charge on any atom is 0.256 e. The van der Waals surface area contributed by atoms with Crippen molar-refractivity contribution in [2.75, 3.05) is 25.4 Å². The van der Waals surface area contributed by atoms with Crippen molar-refractivity contribution in [3.63, 3.8) is 0 Å². The maximum atomic E-state index is 14.1. The minimum absolute atomic E-state index is 0.0342. The van der Waals surface area contributed by atoms with Crippen molar-refractivity contribution in [1.82, 2.24) is 4.90 Å². The molecule has 4 rings (SSSR count). The highest BCUT2D eigenvalue weighted by atomic mass is 32.2. The molecule has 2 aromatic rings. The average Bonchev–Trinajstić information content (AvgIpc) is 2.93. The van der Waals surface area contributed by atoms with Gasteiger partial charge >= 0.3 is 0 Å². The lowest BCUT2D eigenvalue weighted by atomic mass is 9.96. The molecule has 5 heteroatoms. The lowest BCUT2D eigenvalue weighted by Crippen LogP contribution is -2.39. The number of halogens is 1. The second-order valence-electron chi connectivity index (χ2n) is 6.69. The normalized spacial score (nSPS) is 23.2. The van der Waals surface area contributed by atoms with Gasteiger partial charge in [0, 0.05) is 29.7 Å². The van der Waals surface area contributed by atoms with Gasteiger partial charge in [-0.3, -0.25) is 4.79 Å². The SMILES string of the molecule is O=C(C1OCCc2ccccc21)N1CCSC(c2ccccc2F)CC1. The summed E-state index contributed by atoms with van der Waals surface area (Å²) >= 11 is 1.73.